The molecule has 0 saturated heterocycles. The van der Waals surface area contributed by atoms with Crippen molar-refractivity contribution in [2.24, 2.45) is 0 Å². The van der Waals surface area contributed by atoms with Gasteiger partial charge in [-0.15, -0.1) is 6.58 Å². The summed E-state index contributed by atoms with van der Waals surface area (Å²) in [5, 5.41) is 0. The van der Waals surface area contributed by atoms with Gasteiger partial charge in [0.2, 0.25) is 0 Å². The number of allylic oxidation sites excluding steroid dienone is 3. The summed E-state index contributed by atoms with van der Waals surface area (Å²) in [7, 11) is 0. The number of carbonyl (C=O) groups is 1. The Bertz CT molecular complexity index is 241. The molecule has 0 heterocycles. The van der Waals surface area contributed by atoms with Gasteiger partial charge in [-0.2, -0.15) is 0 Å². The summed E-state index contributed by atoms with van der Waals surface area (Å²) < 4.78 is 5.04. The first-order valence-electron chi connectivity index (χ1n) is 5.76. The molecule has 0 aliphatic carbocycles. The van der Waals surface area contributed by atoms with Crippen LogP contribution in [0.1, 0.15) is 39.0 Å². The number of carbonyl (C=O) groups excluding carboxylic acids is 1. The predicted octanol–water partition coefficient (Wildman–Crippen LogP) is 3.80. The van der Waals surface area contributed by atoms with Gasteiger partial charge in [0.15, 0.2) is 0 Å². The lowest BCUT2D eigenvalue weighted by molar-refractivity contribution is -0.144. The van der Waals surface area contributed by atoms with Crippen molar-refractivity contribution in [2.75, 3.05) is 0 Å². The maximum absolute atomic E-state index is 10.7. The predicted molar refractivity (Wildman–Crippen MR) is 68.2 cm³/mol. The molecule has 0 spiro atoms. The maximum atomic E-state index is 10.7. The summed E-state index contributed by atoms with van der Waals surface area (Å²) in [5.74, 6) is -0.250. The highest BCUT2D eigenvalue weighted by molar-refractivity contribution is 5.66. The highest BCUT2D eigenvalue weighted by atomic mass is 16.5. The molecule has 0 aromatic carbocycles. The quantitative estimate of drug-likeness (QED) is 0.337. The number of hydrogen-bond donors (Lipinski definition) is 0. The topological polar surface area (TPSA) is 26.3 Å². The van der Waals surface area contributed by atoms with Crippen molar-refractivity contribution in [1.82, 2.24) is 0 Å². The fourth-order valence-electron chi connectivity index (χ4n) is 1.31. The summed E-state index contributed by atoms with van der Waals surface area (Å²) in [4.78, 5) is 10.7. The molecule has 2 nitrogen and oxygen atoms in total. The lowest BCUT2D eigenvalue weighted by atomic mass is 10.1. The molecule has 1 atom stereocenters. The SMILES string of the molecule is C=CCCCC=CCCC(C=C)OC(C)=O. The first kappa shape index (κ1) is 14.7. The fraction of sp³-hybridized carbons (Fsp3) is 0.500. The van der Waals surface area contributed by atoms with Crippen LogP contribution in [0.25, 0.3) is 0 Å². The second kappa shape index (κ2) is 10.2. The second-order valence-corrected chi connectivity index (χ2v) is 3.65. The van der Waals surface area contributed by atoms with Gasteiger partial charge < -0.3 is 4.74 Å². The molecule has 0 aromatic rings. The van der Waals surface area contributed by atoms with E-state index in [1.165, 1.54) is 6.92 Å². The highest BCUT2D eigenvalue weighted by Crippen LogP contribution is 2.06. The van der Waals surface area contributed by atoms with Crippen LogP contribution >= 0.6 is 0 Å². The van der Waals surface area contributed by atoms with E-state index in [0.29, 0.717) is 0 Å². The number of unbranched alkanes of at least 4 members (excludes halogenated alkanes) is 2. The molecule has 90 valence electrons. The van der Waals surface area contributed by atoms with Crippen molar-refractivity contribution >= 4 is 5.97 Å². The van der Waals surface area contributed by atoms with E-state index in [-0.39, 0.29) is 12.1 Å². The second-order valence-electron chi connectivity index (χ2n) is 3.65. The average Bonchev–Trinajstić information content (AvgIpc) is 2.25. The average molecular weight is 222 g/mol. The number of hydrogen-bond acceptors (Lipinski definition) is 2. The molecule has 0 aliphatic heterocycles. The van der Waals surface area contributed by atoms with E-state index in [4.69, 9.17) is 4.74 Å². The first-order chi connectivity index (χ1) is 7.70. The lowest BCUT2D eigenvalue weighted by Crippen LogP contribution is -2.12. The van der Waals surface area contributed by atoms with Crippen LogP contribution in [0.2, 0.25) is 0 Å². The van der Waals surface area contributed by atoms with E-state index >= 15 is 0 Å². The molecule has 0 aliphatic rings. The minimum absolute atomic E-state index is 0.157. The minimum atomic E-state index is -0.250. The first-order valence-corrected chi connectivity index (χ1v) is 5.76. The molecule has 0 bridgehead atoms. The molecule has 0 saturated carbocycles. The number of rotatable bonds is 9. The van der Waals surface area contributed by atoms with Gasteiger partial charge in [-0.25, -0.2) is 0 Å². The maximum Gasteiger partial charge on any atom is 0.303 e. The molecule has 0 aromatic heterocycles. The van der Waals surface area contributed by atoms with Gasteiger partial charge in [-0.3, -0.25) is 4.79 Å². The molecular formula is C14H22O2. The van der Waals surface area contributed by atoms with Crippen LogP contribution in [0.5, 0.6) is 0 Å². The number of esters is 1. The van der Waals surface area contributed by atoms with E-state index in [9.17, 15) is 4.79 Å². The molecule has 0 amide bonds. The van der Waals surface area contributed by atoms with Gasteiger partial charge in [-0.1, -0.05) is 30.9 Å². The Balaban J connectivity index is 3.57. The summed E-state index contributed by atoms with van der Waals surface area (Å²) in [6.45, 7) is 8.73. The number of ether oxygens (including phenoxy) is 1. The van der Waals surface area contributed by atoms with Crippen molar-refractivity contribution in [3.8, 4) is 0 Å². The van der Waals surface area contributed by atoms with Crippen LogP contribution in [0.3, 0.4) is 0 Å². The molecule has 0 fully saturated rings. The summed E-state index contributed by atoms with van der Waals surface area (Å²) in [6.07, 6.45) is 12.8. The fourth-order valence-corrected chi connectivity index (χ4v) is 1.31. The van der Waals surface area contributed by atoms with E-state index < -0.39 is 0 Å². The zero-order valence-electron chi connectivity index (χ0n) is 10.2. The highest BCUT2D eigenvalue weighted by Gasteiger charge is 2.05. The molecule has 0 rings (SSSR count). The van der Waals surface area contributed by atoms with E-state index in [2.05, 4.69) is 25.3 Å². The third-order valence-corrected chi connectivity index (χ3v) is 2.14. The van der Waals surface area contributed by atoms with Crippen LogP contribution < -0.4 is 0 Å². The molecular weight excluding hydrogens is 200 g/mol. The molecule has 0 radical (unpaired) electrons. The van der Waals surface area contributed by atoms with Gasteiger partial charge in [0.1, 0.15) is 6.10 Å². The third-order valence-electron chi connectivity index (χ3n) is 2.14. The summed E-state index contributed by atoms with van der Waals surface area (Å²) in [5.41, 5.74) is 0. The van der Waals surface area contributed by atoms with Crippen LogP contribution in [0, 0.1) is 0 Å². The molecule has 2 heteroatoms. The minimum Gasteiger partial charge on any atom is -0.458 e. The van der Waals surface area contributed by atoms with Crippen molar-refractivity contribution in [2.45, 2.75) is 45.1 Å². The Kier molecular flexibility index (Phi) is 9.38. The smallest absolute Gasteiger partial charge is 0.303 e. The Morgan fingerprint density at radius 2 is 1.94 bits per heavy atom. The van der Waals surface area contributed by atoms with Crippen LogP contribution in [-0.4, -0.2) is 12.1 Å². The Morgan fingerprint density at radius 3 is 2.50 bits per heavy atom. The van der Waals surface area contributed by atoms with E-state index in [0.717, 1.165) is 32.1 Å². The zero-order chi connectivity index (χ0) is 12.2. The van der Waals surface area contributed by atoms with Gasteiger partial charge in [0.25, 0.3) is 0 Å². The van der Waals surface area contributed by atoms with Crippen molar-refractivity contribution in [1.29, 1.82) is 0 Å². The monoisotopic (exact) mass is 222 g/mol. The van der Waals surface area contributed by atoms with Crippen molar-refractivity contribution < 1.29 is 9.53 Å². The largest absolute Gasteiger partial charge is 0.458 e. The standard InChI is InChI=1S/C14H22O2/c1-4-6-7-8-9-10-11-12-14(5-2)16-13(3)15/h4-5,9-10,14H,1-2,6-8,11-12H2,3H3. The summed E-state index contributed by atoms with van der Waals surface area (Å²) in [6, 6.07) is 0. The van der Waals surface area contributed by atoms with Crippen molar-refractivity contribution in [3.63, 3.8) is 0 Å². The van der Waals surface area contributed by atoms with Gasteiger partial charge in [0.05, 0.1) is 0 Å². The third kappa shape index (κ3) is 9.25. The van der Waals surface area contributed by atoms with Gasteiger partial charge in [-0.05, 0) is 32.1 Å². The van der Waals surface area contributed by atoms with Crippen LogP contribution in [0.15, 0.2) is 37.5 Å². The normalized spacial score (nSPS) is 12.3. The lowest BCUT2D eigenvalue weighted by Gasteiger charge is -2.10. The Hall–Kier alpha value is -1.31. The molecule has 16 heavy (non-hydrogen) atoms. The van der Waals surface area contributed by atoms with E-state index in [1.807, 2.05) is 6.08 Å². The Morgan fingerprint density at radius 1 is 1.25 bits per heavy atom. The van der Waals surface area contributed by atoms with Gasteiger partial charge in [0, 0.05) is 6.92 Å². The van der Waals surface area contributed by atoms with E-state index in [1.54, 1.807) is 6.08 Å². The Labute approximate surface area is 98.7 Å². The van der Waals surface area contributed by atoms with Crippen molar-refractivity contribution in [3.05, 3.63) is 37.5 Å². The van der Waals surface area contributed by atoms with Crippen LogP contribution in [-0.2, 0) is 9.53 Å². The van der Waals surface area contributed by atoms with Gasteiger partial charge >= 0.3 is 5.97 Å². The molecule has 0 N–H and O–H groups in total. The molecule has 1 unspecified atom stereocenters. The summed E-state index contributed by atoms with van der Waals surface area (Å²) >= 11 is 0. The van der Waals surface area contributed by atoms with Crippen LogP contribution in [0.4, 0.5) is 0 Å². The zero-order valence-corrected chi connectivity index (χ0v) is 10.2.